The average Bonchev–Trinajstić information content (AvgIpc) is 3.48. The second-order valence-corrected chi connectivity index (χ2v) is 10.7. The molecule has 1 fully saturated rings. The number of methoxy groups -OCH3 is 2. The third-order valence-electron chi connectivity index (χ3n) is 7.80. The first-order chi connectivity index (χ1) is 21.8. The summed E-state index contributed by atoms with van der Waals surface area (Å²) in [6, 6.07) is 25.3. The van der Waals surface area contributed by atoms with E-state index in [0.717, 1.165) is 16.7 Å². The number of carbonyl (C=O) groups excluding carboxylic acids is 1. The number of benzene rings is 3. The van der Waals surface area contributed by atoms with E-state index in [-0.39, 0.29) is 30.1 Å². The van der Waals surface area contributed by atoms with Gasteiger partial charge in [-0.1, -0.05) is 54.6 Å². The number of aliphatic hydroxyl groups is 1. The van der Waals surface area contributed by atoms with Gasteiger partial charge in [-0.05, 0) is 41.0 Å². The van der Waals surface area contributed by atoms with Crippen LogP contribution in [0.3, 0.4) is 0 Å². The Balaban J connectivity index is 1.37. The van der Waals surface area contributed by atoms with E-state index < -0.39 is 35.5 Å². The van der Waals surface area contributed by atoms with Gasteiger partial charge in [0.25, 0.3) is 5.56 Å². The molecule has 1 aliphatic rings. The molecule has 5 aromatic rings. The molecule has 1 aliphatic heterocycles. The van der Waals surface area contributed by atoms with E-state index in [0.29, 0.717) is 11.5 Å². The fourth-order valence-electron chi connectivity index (χ4n) is 5.74. The minimum Gasteiger partial charge on any atom is -0.497 e. The van der Waals surface area contributed by atoms with E-state index in [1.807, 2.05) is 78.9 Å². The molecule has 0 unspecified atom stereocenters. The summed E-state index contributed by atoms with van der Waals surface area (Å²) in [4.78, 5) is 35.2. The maximum Gasteiger partial charge on any atom is 0.280 e. The Labute approximate surface area is 258 Å². The molecule has 6 rings (SSSR count). The lowest BCUT2D eigenvalue weighted by molar-refractivity contribution is -0.188. The number of imidazole rings is 1. The van der Waals surface area contributed by atoms with Crippen LogP contribution in [-0.2, 0) is 19.9 Å². The number of rotatable bonds is 9. The van der Waals surface area contributed by atoms with Crippen LogP contribution in [0.1, 0.15) is 36.3 Å². The van der Waals surface area contributed by atoms with Crippen LogP contribution >= 0.6 is 0 Å². The number of H-pyrrole nitrogens is 1. The summed E-state index contributed by atoms with van der Waals surface area (Å²) < 4.78 is 25.7. The number of aliphatic hydroxyl groups excluding tert-OH is 1. The van der Waals surface area contributed by atoms with Crippen LogP contribution in [0.4, 0.5) is 5.95 Å². The second kappa shape index (κ2) is 12.5. The largest absolute Gasteiger partial charge is 0.497 e. The summed E-state index contributed by atoms with van der Waals surface area (Å²) in [5, 5.41) is 13.9. The number of ether oxygens (including phenoxy) is 4. The lowest BCUT2D eigenvalue weighted by Gasteiger charge is -2.42. The van der Waals surface area contributed by atoms with Crippen LogP contribution in [0.15, 0.2) is 90.0 Å². The van der Waals surface area contributed by atoms with Crippen molar-refractivity contribution in [1.82, 2.24) is 19.5 Å². The molecule has 0 spiro atoms. The maximum atomic E-state index is 12.6. The molecule has 3 atom stereocenters. The van der Waals surface area contributed by atoms with Gasteiger partial charge in [0.15, 0.2) is 17.4 Å². The molecule has 3 aromatic carbocycles. The van der Waals surface area contributed by atoms with Crippen molar-refractivity contribution in [2.24, 2.45) is 0 Å². The molecular formula is C33H33N5O7. The highest BCUT2D eigenvalue weighted by molar-refractivity contribution is 5.87. The van der Waals surface area contributed by atoms with Gasteiger partial charge in [-0.25, -0.2) is 4.98 Å². The van der Waals surface area contributed by atoms with Crippen molar-refractivity contribution in [2.75, 3.05) is 26.1 Å². The molecule has 1 saturated heterocycles. The quantitative estimate of drug-likeness (QED) is 0.212. The summed E-state index contributed by atoms with van der Waals surface area (Å²) in [5.74, 6) is 0.987. The van der Waals surface area contributed by atoms with Crippen LogP contribution < -0.4 is 20.3 Å². The molecule has 12 heteroatoms. The predicted molar refractivity (Wildman–Crippen MR) is 165 cm³/mol. The zero-order valence-corrected chi connectivity index (χ0v) is 25.0. The number of hydrogen-bond acceptors (Lipinski definition) is 9. The van der Waals surface area contributed by atoms with Gasteiger partial charge in [0.2, 0.25) is 11.9 Å². The highest BCUT2D eigenvalue weighted by atomic mass is 16.6. The van der Waals surface area contributed by atoms with Crippen LogP contribution in [0.25, 0.3) is 11.2 Å². The van der Waals surface area contributed by atoms with Crippen molar-refractivity contribution in [3.63, 3.8) is 0 Å². The first kappa shape index (κ1) is 30.0. The van der Waals surface area contributed by atoms with Gasteiger partial charge in [-0.15, -0.1) is 0 Å². The van der Waals surface area contributed by atoms with Crippen molar-refractivity contribution >= 4 is 23.0 Å². The molecule has 45 heavy (non-hydrogen) atoms. The number of nitrogens with zero attached hydrogens (tertiary/aromatic N) is 3. The lowest BCUT2D eigenvalue weighted by atomic mass is 9.79. The van der Waals surface area contributed by atoms with Crippen molar-refractivity contribution < 1.29 is 28.8 Å². The van der Waals surface area contributed by atoms with E-state index in [1.54, 1.807) is 14.2 Å². The number of amides is 1. The molecule has 3 N–H and O–H groups in total. The number of anilines is 1. The zero-order valence-electron chi connectivity index (χ0n) is 25.0. The summed E-state index contributed by atoms with van der Waals surface area (Å²) >= 11 is 0. The Bertz CT molecular complexity index is 1790. The Morgan fingerprint density at radius 1 is 0.978 bits per heavy atom. The molecule has 1 amide bonds. The SMILES string of the molecule is COc1ccc(C(O[C@@H]2CO[C@@H](n3cnc4c(=O)[nH]c(NC(C)=O)nc43)[C@H](O)C2)(c2ccccc2)c2ccc(OC)cc2)cc1. The molecule has 0 saturated carbocycles. The third kappa shape index (κ3) is 5.78. The number of nitrogens with one attached hydrogen (secondary N) is 2. The summed E-state index contributed by atoms with van der Waals surface area (Å²) in [5.41, 5.74) is 1.19. The van der Waals surface area contributed by atoms with Gasteiger partial charge in [0.1, 0.15) is 23.2 Å². The molecule has 2 aromatic heterocycles. The minimum atomic E-state index is -1.09. The minimum absolute atomic E-state index is 0.0279. The van der Waals surface area contributed by atoms with Crippen LogP contribution in [0.5, 0.6) is 11.5 Å². The molecule has 3 heterocycles. The van der Waals surface area contributed by atoms with Crippen molar-refractivity contribution in [2.45, 2.75) is 37.4 Å². The standard InChI is InChI=1S/C33H33N5O7/c1-20(39)35-32-36-29-28(30(41)37-32)34-19-38(29)31-27(40)17-26(18-44-31)45-33(21-7-5-4-6-8-21,22-9-13-24(42-2)14-10-22)23-11-15-25(43-3)16-12-23/h4-16,19,26-27,31,40H,17-18H2,1-3H3,(H2,35,36,37,39,41)/t26-,27+,31+/m0/s1. The average molecular weight is 612 g/mol. The van der Waals surface area contributed by atoms with Crippen molar-refractivity contribution in [3.05, 3.63) is 112 Å². The number of aromatic nitrogens is 4. The van der Waals surface area contributed by atoms with Gasteiger partial charge >= 0.3 is 0 Å². The predicted octanol–water partition coefficient (Wildman–Crippen LogP) is 3.75. The van der Waals surface area contributed by atoms with Crippen LogP contribution in [0, 0.1) is 0 Å². The summed E-state index contributed by atoms with van der Waals surface area (Å²) in [6.07, 6.45) is -0.911. The van der Waals surface area contributed by atoms with Crippen molar-refractivity contribution in [3.8, 4) is 11.5 Å². The van der Waals surface area contributed by atoms with Gasteiger partial charge in [0.05, 0.1) is 33.3 Å². The Morgan fingerprint density at radius 3 is 2.13 bits per heavy atom. The van der Waals surface area contributed by atoms with E-state index in [1.165, 1.54) is 17.8 Å². The highest BCUT2D eigenvalue weighted by Gasteiger charge is 2.43. The van der Waals surface area contributed by atoms with Gasteiger partial charge in [-0.3, -0.25) is 24.5 Å². The fourth-order valence-corrected chi connectivity index (χ4v) is 5.74. The summed E-state index contributed by atoms with van der Waals surface area (Å²) in [6.45, 7) is 1.42. The fraction of sp³-hybridized carbons (Fsp3) is 0.273. The van der Waals surface area contributed by atoms with E-state index in [9.17, 15) is 14.7 Å². The molecule has 12 nitrogen and oxygen atoms in total. The first-order valence-corrected chi connectivity index (χ1v) is 14.4. The molecule has 0 radical (unpaired) electrons. The van der Waals surface area contributed by atoms with Crippen LogP contribution in [-0.4, -0.2) is 63.6 Å². The molecular weight excluding hydrogens is 578 g/mol. The monoisotopic (exact) mass is 611 g/mol. The Kier molecular flexibility index (Phi) is 8.35. The molecule has 0 aliphatic carbocycles. The van der Waals surface area contributed by atoms with E-state index in [2.05, 4.69) is 20.3 Å². The van der Waals surface area contributed by atoms with Crippen molar-refractivity contribution in [1.29, 1.82) is 0 Å². The number of carbonyl (C=O) groups is 1. The number of aromatic amines is 1. The Morgan fingerprint density at radius 2 is 1.58 bits per heavy atom. The smallest absolute Gasteiger partial charge is 0.280 e. The highest BCUT2D eigenvalue weighted by Crippen LogP contribution is 2.44. The van der Waals surface area contributed by atoms with E-state index in [4.69, 9.17) is 18.9 Å². The van der Waals surface area contributed by atoms with Gasteiger partial charge < -0.3 is 24.1 Å². The van der Waals surface area contributed by atoms with Gasteiger partial charge in [-0.2, -0.15) is 4.98 Å². The first-order valence-electron chi connectivity index (χ1n) is 14.4. The second-order valence-electron chi connectivity index (χ2n) is 10.7. The maximum absolute atomic E-state index is 12.6. The number of fused-ring (bicyclic) bond motifs is 1. The zero-order chi connectivity index (χ0) is 31.6. The van der Waals surface area contributed by atoms with E-state index >= 15 is 0 Å². The van der Waals surface area contributed by atoms with Crippen LogP contribution in [0.2, 0.25) is 0 Å². The van der Waals surface area contributed by atoms with Gasteiger partial charge in [0, 0.05) is 13.3 Å². The normalized spacial score (nSPS) is 18.4. The lowest BCUT2D eigenvalue weighted by Crippen LogP contribution is -2.45. The topological polar surface area (TPSA) is 150 Å². The third-order valence-corrected chi connectivity index (χ3v) is 7.80. The Hall–Kier alpha value is -5.04. The molecule has 232 valence electrons. The number of hydrogen-bond donors (Lipinski definition) is 3. The summed E-state index contributed by atoms with van der Waals surface area (Å²) in [7, 11) is 3.23. The molecule has 0 bridgehead atoms.